The summed E-state index contributed by atoms with van der Waals surface area (Å²) < 4.78 is 64.4. The average molecular weight is 692 g/mol. The molecule has 21 nitrogen and oxygen atoms in total. The molecule has 4 aromatic rings. The van der Waals surface area contributed by atoms with Gasteiger partial charge in [0, 0.05) is 0 Å². The van der Waals surface area contributed by atoms with Crippen LogP contribution in [0.1, 0.15) is 12.5 Å². The number of anilines is 2. The van der Waals surface area contributed by atoms with Crippen LogP contribution in [0.15, 0.2) is 23.8 Å². The van der Waals surface area contributed by atoms with Crippen LogP contribution in [0.2, 0.25) is 0 Å². The Labute approximate surface area is 254 Å². The van der Waals surface area contributed by atoms with E-state index < -0.39 is 82.5 Å². The van der Waals surface area contributed by atoms with Crippen molar-refractivity contribution >= 4 is 60.4 Å². The molecule has 45 heavy (non-hydrogen) atoms. The van der Waals surface area contributed by atoms with Crippen LogP contribution in [-0.2, 0) is 43.9 Å². The fourth-order valence-electron chi connectivity index (χ4n) is 5.26. The van der Waals surface area contributed by atoms with Gasteiger partial charge in [0.05, 0.1) is 25.9 Å². The Hall–Kier alpha value is -3.05. The van der Waals surface area contributed by atoms with Gasteiger partial charge in [-0.1, -0.05) is 0 Å². The molecule has 3 fully saturated rings. The zero-order valence-electron chi connectivity index (χ0n) is 22.3. The molecule has 0 radical (unpaired) electrons. The van der Waals surface area contributed by atoms with Crippen LogP contribution in [0.5, 0.6) is 0 Å². The van der Waals surface area contributed by atoms with Crippen LogP contribution < -0.4 is 17.0 Å². The molecule has 0 spiro atoms. The van der Waals surface area contributed by atoms with Crippen molar-refractivity contribution in [3.63, 3.8) is 0 Å². The number of hydrogen-bond donors (Lipinski definition) is 6. The zero-order chi connectivity index (χ0) is 31.8. The van der Waals surface area contributed by atoms with Crippen LogP contribution in [0.25, 0.3) is 22.3 Å². The van der Waals surface area contributed by atoms with Gasteiger partial charge in [0.2, 0.25) is 5.95 Å². The number of phosphoric ester groups is 1. The molecule has 3 aliphatic rings. The molecule has 0 saturated carbocycles. The quantitative estimate of drug-likeness (QED) is 0.134. The third-order valence-electron chi connectivity index (χ3n) is 7.28. The Morgan fingerprint density at radius 2 is 1.64 bits per heavy atom. The Morgan fingerprint density at radius 1 is 0.956 bits per heavy atom. The minimum absolute atomic E-state index is 0.0211. The fourth-order valence-corrected chi connectivity index (χ4v) is 7.63. The summed E-state index contributed by atoms with van der Waals surface area (Å²) in [6.07, 6.45) is -9.45. The highest BCUT2D eigenvalue weighted by atomic mass is 32.5. The SMILES string of the molecule is Nc1nc2c(ncn2[C@@H]2O[C@@H]3COP(=O)(O)O[C@@H]4C(F)[C@H](n5cnc6c(N)ncnc65)O[C@@H]4COP(O)(=S)O[C@H]2C3O)c(=O)[nH]1. The second-order valence-corrected chi connectivity index (χ2v) is 14.3. The molecule has 3 saturated heterocycles. The van der Waals surface area contributed by atoms with Gasteiger partial charge in [-0.15, -0.1) is 0 Å². The second kappa shape index (κ2) is 11.0. The standard InChI is InChI=1S/C20H23FN10O11P2S/c21-8-12-7(40-18(8)30-4-26-9-14(22)24-3-25-15(9)30)2-38-44(36,45)42-13-11(32)6(1-37-43(34,35)41-12)39-19(13)31-5-27-10-16(31)28-20(23)29-17(10)33/h3-8,11-13,18-19,32H,1-2H2,(H,34,35)(H,36,45)(H2,22,24,25)(H3,23,28,29,33)/t6-,7-,8?,11?,12+,13+,18-,19-,44?/m1/s1. The van der Waals surface area contributed by atoms with E-state index in [1.165, 1.54) is 15.5 Å². The topological polar surface area (TPSA) is 292 Å². The van der Waals surface area contributed by atoms with E-state index >= 15 is 4.39 Å². The normalized spacial score (nSPS) is 37.7. The van der Waals surface area contributed by atoms with Crippen LogP contribution in [0, 0.1) is 0 Å². The number of aromatic amines is 1. The van der Waals surface area contributed by atoms with Crippen molar-refractivity contribution in [2.24, 2.45) is 0 Å². The van der Waals surface area contributed by atoms with E-state index in [2.05, 4.69) is 29.9 Å². The van der Waals surface area contributed by atoms with Gasteiger partial charge in [-0.2, -0.15) is 4.98 Å². The third kappa shape index (κ3) is 5.43. The number of aromatic nitrogens is 8. The Morgan fingerprint density at radius 3 is 2.42 bits per heavy atom. The lowest BCUT2D eigenvalue weighted by Gasteiger charge is -2.27. The van der Waals surface area contributed by atoms with Crippen molar-refractivity contribution in [1.29, 1.82) is 0 Å². The van der Waals surface area contributed by atoms with E-state index in [1.807, 2.05) is 0 Å². The smallest absolute Gasteiger partial charge is 0.387 e. The predicted octanol–water partition coefficient (Wildman–Crippen LogP) is -1.25. The maximum Gasteiger partial charge on any atom is 0.472 e. The summed E-state index contributed by atoms with van der Waals surface area (Å²) in [5.74, 6) is -0.232. The van der Waals surface area contributed by atoms with E-state index in [0.717, 1.165) is 12.7 Å². The first-order chi connectivity index (χ1) is 21.3. The molecule has 0 aromatic carbocycles. The predicted molar refractivity (Wildman–Crippen MR) is 149 cm³/mol. The van der Waals surface area contributed by atoms with Crippen molar-refractivity contribution in [1.82, 2.24) is 39.0 Å². The summed E-state index contributed by atoms with van der Waals surface area (Å²) >= 11 is 5.18. The first kappa shape index (κ1) is 30.6. The molecule has 3 aliphatic heterocycles. The zero-order valence-corrected chi connectivity index (χ0v) is 24.9. The summed E-state index contributed by atoms with van der Waals surface area (Å²) in [5, 5.41) is 11.1. The number of halogens is 1. The first-order valence-corrected chi connectivity index (χ1v) is 17.0. The molecular weight excluding hydrogens is 669 g/mol. The van der Waals surface area contributed by atoms with Gasteiger partial charge in [0.15, 0.2) is 41.3 Å². The van der Waals surface area contributed by atoms with E-state index in [9.17, 15) is 24.3 Å². The minimum atomic E-state index is -5.09. The molecule has 2 bridgehead atoms. The number of H-pyrrole nitrogens is 1. The number of aliphatic hydroxyl groups excluding tert-OH is 1. The Balaban J connectivity index is 1.21. The van der Waals surface area contributed by atoms with Crippen LogP contribution in [0.4, 0.5) is 16.2 Å². The minimum Gasteiger partial charge on any atom is -0.387 e. The van der Waals surface area contributed by atoms with E-state index in [1.54, 1.807) is 0 Å². The van der Waals surface area contributed by atoms with Crippen molar-refractivity contribution in [3.05, 3.63) is 29.3 Å². The molecule has 4 aromatic heterocycles. The van der Waals surface area contributed by atoms with Gasteiger partial charge in [-0.3, -0.25) is 32.5 Å². The summed E-state index contributed by atoms with van der Waals surface area (Å²) in [6, 6.07) is 0. The third-order valence-corrected chi connectivity index (χ3v) is 9.82. The maximum atomic E-state index is 15.9. The first-order valence-electron chi connectivity index (χ1n) is 12.9. The van der Waals surface area contributed by atoms with Gasteiger partial charge in [0.1, 0.15) is 42.4 Å². The lowest BCUT2D eigenvalue weighted by atomic mass is 10.1. The van der Waals surface area contributed by atoms with Crippen LogP contribution >= 0.6 is 14.5 Å². The number of aliphatic hydroxyl groups is 1. The van der Waals surface area contributed by atoms with Crippen molar-refractivity contribution in [2.75, 3.05) is 24.7 Å². The van der Waals surface area contributed by atoms with Gasteiger partial charge >= 0.3 is 14.5 Å². The number of imidazole rings is 2. The molecular formula is C20H23FN10O11P2S. The molecule has 242 valence electrons. The largest absolute Gasteiger partial charge is 0.472 e. The molecule has 0 aliphatic carbocycles. The summed E-state index contributed by atoms with van der Waals surface area (Å²) in [4.78, 5) is 56.2. The molecule has 7 rings (SSSR count). The molecule has 10 atom stereocenters. The highest BCUT2D eigenvalue weighted by Crippen LogP contribution is 2.54. The fraction of sp³-hybridized carbons (Fsp3) is 0.500. The second-order valence-electron chi connectivity index (χ2n) is 10.1. The summed E-state index contributed by atoms with van der Waals surface area (Å²) in [6.45, 7) is -5.82. The van der Waals surface area contributed by atoms with Gasteiger partial charge in [-0.25, -0.2) is 28.9 Å². The summed E-state index contributed by atoms with van der Waals surface area (Å²) in [5.41, 5.74) is 10.9. The van der Waals surface area contributed by atoms with Crippen molar-refractivity contribution in [2.45, 2.75) is 49.1 Å². The number of alkyl halides is 1. The Kier molecular flexibility index (Phi) is 7.50. The molecule has 25 heteroatoms. The number of nitrogens with zero attached hydrogens (tertiary/aromatic N) is 7. The molecule has 7 heterocycles. The molecule has 4 unspecified atom stereocenters. The molecule has 0 amide bonds. The highest BCUT2D eigenvalue weighted by Gasteiger charge is 2.54. The van der Waals surface area contributed by atoms with E-state index in [-0.39, 0.29) is 34.1 Å². The number of nitrogen functional groups attached to an aromatic ring is 2. The lowest BCUT2D eigenvalue weighted by molar-refractivity contribution is -0.0635. The number of hydrogen-bond acceptors (Lipinski definition) is 17. The van der Waals surface area contributed by atoms with Gasteiger partial charge < -0.3 is 40.4 Å². The number of nitrogens with one attached hydrogen (secondary N) is 1. The van der Waals surface area contributed by atoms with Gasteiger partial charge in [0.25, 0.3) is 5.56 Å². The molecule has 8 N–H and O–H groups in total. The maximum absolute atomic E-state index is 15.9. The number of fused-ring (bicyclic) bond motifs is 5. The lowest BCUT2D eigenvalue weighted by Crippen LogP contribution is -2.35. The number of phosphoric acid groups is 1. The summed E-state index contributed by atoms with van der Waals surface area (Å²) in [7, 11) is -5.09. The monoisotopic (exact) mass is 692 g/mol. The average Bonchev–Trinajstić information content (AvgIpc) is 3.72. The van der Waals surface area contributed by atoms with Crippen LogP contribution in [0.3, 0.4) is 0 Å². The van der Waals surface area contributed by atoms with E-state index in [0.29, 0.717) is 0 Å². The number of rotatable bonds is 2. The highest BCUT2D eigenvalue weighted by molar-refractivity contribution is 8.07. The van der Waals surface area contributed by atoms with Gasteiger partial charge in [-0.05, 0) is 11.8 Å². The Bertz CT molecular complexity index is 1950. The van der Waals surface area contributed by atoms with Crippen molar-refractivity contribution in [3.8, 4) is 0 Å². The van der Waals surface area contributed by atoms with Crippen LogP contribution in [-0.4, -0.2) is 104 Å². The number of ether oxygens (including phenoxy) is 2. The van der Waals surface area contributed by atoms with E-state index in [4.69, 9.17) is 50.8 Å². The number of nitrogens with two attached hydrogens (primary N) is 2. The van der Waals surface area contributed by atoms with Crippen molar-refractivity contribution < 1.29 is 51.4 Å².